The summed E-state index contributed by atoms with van der Waals surface area (Å²) in [5.41, 5.74) is 1.70. The lowest BCUT2D eigenvalue weighted by atomic mass is 10.1. The summed E-state index contributed by atoms with van der Waals surface area (Å²) in [6.45, 7) is 1.85. The Morgan fingerprint density at radius 1 is 0.737 bits per heavy atom. The average molecular weight is 554 g/mol. The van der Waals surface area contributed by atoms with E-state index in [1.54, 1.807) is 24.3 Å². The van der Waals surface area contributed by atoms with Crippen LogP contribution in [0.1, 0.15) is 15.9 Å². The predicted octanol–water partition coefficient (Wildman–Crippen LogP) is 5.01. The highest BCUT2D eigenvalue weighted by molar-refractivity contribution is 7.93. The molecule has 8 nitrogen and oxygen atoms in total. The molecule has 0 aliphatic rings. The fourth-order valence-electron chi connectivity index (χ4n) is 3.59. The molecule has 4 rings (SSSR count). The van der Waals surface area contributed by atoms with Gasteiger partial charge in [-0.2, -0.15) is 0 Å². The van der Waals surface area contributed by atoms with Crippen molar-refractivity contribution in [2.24, 2.45) is 0 Å². The Balaban J connectivity index is 1.53. The van der Waals surface area contributed by atoms with Gasteiger partial charge in [-0.15, -0.1) is 0 Å². The number of nitrogens with zero attached hydrogens (tertiary/aromatic N) is 1. The van der Waals surface area contributed by atoms with E-state index in [9.17, 15) is 26.0 Å². The second kappa shape index (κ2) is 10.6. The highest BCUT2D eigenvalue weighted by Crippen LogP contribution is 2.27. The molecule has 0 aromatic heterocycles. The number of halogens is 1. The van der Waals surface area contributed by atoms with Crippen molar-refractivity contribution < 1.29 is 26.0 Å². The summed E-state index contributed by atoms with van der Waals surface area (Å²) in [6, 6.07) is 23.0. The number of rotatable bonds is 8. The van der Waals surface area contributed by atoms with Crippen LogP contribution in [0.3, 0.4) is 0 Å². The topological polar surface area (TPSA) is 113 Å². The molecule has 2 N–H and O–H groups in total. The van der Waals surface area contributed by atoms with Crippen LogP contribution in [-0.2, 0) is 20.0 Å². The van der Waals surface area contributed by atoms with Gasteiger partial charge in [0.2, 0.25) is 0 Å². The minimum absolute atomic E-state index is 0.0656. The second-order valence-corrected chi connectivity index (χ2v) is 12.0. The number of aryl methyl sites for hydroxylation is 1. The van der Waals surface area contributed by atoms with Crippen molar-refractivity contribution in [1.82, 2.24) is 0 Å². The number of amides is 1. The van der Waals surface area contributed by atoms with Crippen molar-refractivity contribution in [2.45, 2.75) is 16.7 Å². The van der Waals surface area contributed by atoms with Gasteiger partial charge >= 0.3 is 0 Å². The van der Waals surface area contributed by atoms with E-state index in [1.165, 1.54) is 67.7 Å². The smallest absolute Gasteiger partial charge is 0.264 e. The van der Waals surface area contributed by atoms with E-state index >= 15 is 0 Å². The summed E-state index contributed by atoms with van der Waals surface area (Å²) in [5, 5.41) is 2.67. The third kappa shape index (κ3) is 5.84. The van der Waals surface area contributed by atoms with E-state index in [0.29, 0.717) is 5.69 Å². The molecule has 0 fully saturated rings. The summed E-state index contributed by atoms with van der Waals surface area (Å²) in [6.07, 6.45) is 0. The van der Waals surface area contributed by atoms with Gasteiger partial charge in [-0.3, -0.25) is 13.8 Å². The average Bonchev–Trinajstić information content (AvgIpc) is 2.90. The maximum Gasteiger partial charge on any atom is 0.264 e. The van der Waals surface area contributed by atoms with E-state index in [-0.39, 0.29) is 26.7 Å². The molecule has 0 unspecified atom stereocenters. The predicted molar refractivity (Wildman–Crippen MR) is 145 cm³/mol. The molecule has 0 spiro atoms. The Labute approximate surface area is 220 Å². The number of sulfonamides is 2. The lowest BCUT2D eigenvalue weighted by Crippen LogP contribution is -2.29. The quantitative estimate of drug-likeness (QED) is 0.319. The van der Waals surface area contributed by atoms with Crippen LogP contribution in [0.5, 0.6) is 0 Å². The van der Waals surface area contributed by atoms with Crippen molar-refractivity contribution in [1.29, 1.82) is 0 Å². The van der Waals surface area contributed by atoms with Crippen LogP contribution in [0.2, 0.25) is 0 Å². The molecular formula is C27H24FN3O5S2. The van der Waals surface area contributed by atoms with E-state index in [0.717, 1.165) is 22.0 Å². The number of carbonyl (C=O) groups is 1. The highest BCUT2D eigenvalue weighted by atomic mass is 32.2. The second-order valence-electron chi connectivity index (χ2n) is 8.39. The summed E-state index contributed by atoms with van der Waals surface area (Å²) < 4.78 is 68.1. The highest BCUT2D eigenvalue weighted by Gasteiger charge is 2.25. The van der Waals surface area contributed by atoms with Crippen LogP contribution in [0, 0.1) is 12.7 Å². The number of hydrogen-bond acceptors (Lipinski definition) is 5. The number of anilines is 3. The van der Waals surface area contributed by atoms with Crippen LogP contribution in [0.15, 0.2) is 107 Å². The van der Waals surface area contributed by atoms with Crippen LogP contribution in [0.4, 0.5) is 21.5 Å². The van der Waals surface area contributed by atoms with Crippen LogP contribution in [-0.4, -0.2) is 29.8 Å². The molecule has 4 aromatic carbocycles. The molecule has 0 aliphatic carbocycles. The number of para-hydroxylation sites is 1. The Hall–Kier alpha value is -4.22. The maximum absolute atomic E-state index is 13.2. The van der Waals surface area contributed by atoms with Crippen molar-refractivity contribution in [3.63, 3.8) is 0 Å². The van der Waals surface area contributed by atoms with Gasteiger partial charge in [0.25, 0.3) is 26.0 Å². The molecular weight excluding hydrogens is 529 g/mol. The van der Waals surface area contributed by atoms with Gasteiger partial charge in [-0.25, -0.2) is 21.2 Å². The Morgan fingerprint density at radius 2 is 1.29 bits per heavy atom. The summed E-state index contributed by atoms with van der Waals surface area (Å²) in [7, 11) is -6.50. The molecule has 0 heterocycles. The molecule has 11 heteroatoms. The first-order valence-electron chi connectivity index (χ1n) is 11.3. The zero-order valence-corrected chi connectivity index (χ0v) is 22.1. The maximum atomic E-state index is 13.2. The van der Waals surface area contributed by atoms with Crippen molar-refractivity contribution in [3.05, 3.63) is 114 Å². The summed E-state index contributed by atoms with van der Waals surface area (Å²) in [5.74, 6) is -1.07. The number of hydrogen-bond donors (Lipinski definition) is 2. The first-order chi connectivity index (χ1) is 18.0. The molecule has 0 aliphatic heterocycles. The van der Waals surface area contributed by atoms with Gasteiger partial charge < -0.3 is 5.32 Å². The van der Waals surface area contributed by atoms with Crippen LogP contribution < -0.4 is 14.3 Å². The first kappa shape index (κ1) is 26.8. The standard InChI is InChI=1S/C27H24FN3O5S2/c1-19-7-15-24(16-8-19)38(35,36)31(2)26-6-4-3-5-25(26)27(32)29-21-13-17-23(18-14-21)37(33,34)30-22-11-9-20(28)10-12-22/h3-18,30H,1-2H3,(H,29,32). The summed E-state index contributed by atoms with van der Waals surface area (Å²) >= 11 is 0. The van der Waals surface area contributed by atoms with Crippen LogP contribution >= 0.6 is 0 Å². The molecule has 0 saturated carbocycles. The van der Waals surface area contributed by atoms with Gasteiger partial charge in [0.05, 0.1) is 21.0 Å². The molecule has 0 radical (unpaired) electrons. The van der Waals surface area contributed by atoms with Crippen molar-refractivity contribution in [2.75, 3.05) is 21.4 Å². The minimum atomic E-state index is -3.95. The molecule has 196 valence electrons. The van der Waals surface area contributed by atoms with E-state index in [2.05, 4.69) is 10.0 Å². The zero-order chi connectivity index (χ0) is 27.5. The lowest BCUT2D eigenvalue weighted by Gasteiger charge is -2.22. The van der Waals surface area contributed by atoms with E-state index < -0.39 is 31.8 Å². The number of benzene rings is 4. The van der Waals surface area contributed by atoms with Crippen LogP contribution in [0.25, 0.3) is 0 Å². The Kier molecular flexibility index (Phi) is 7.51. The molecule has 0 bridgehead atoms. The third-order valence-corrected chi connectivity index (χ3v) is 8.87. The van der Waals surface area contributed by atoms with Crippen molar-refractivity contribution >= 4 is 43.0 Å². The SMILES string of the molecule is Cc1ccc(S(=O)(=O)N(C)c2ccccc2C(=O)Nc2ccc(S(=O)(=O)Nc3ccc(F)cc3)cc2)cc1. The third-order valence-electron chi connectivity index (χ3n) is 5.69. The first-order valence-corrected chi connectivity index (χ1v) is 14.2. The van der Waals surface area contributed by atoms with E-state index in [4.69, 9.17) is 0 Å². The fraction of sp³-hybridized carbons (Fsp3) is 0.0741. The molecule has 1 amide bonds. The molecule has 38 heavy (non-hydrogen) atoms. The van der Waals surface area contributed by atoms with Gasteiger partial charge in [-0.1, -0.05) is 29.8 Å². The van der Waals surface area contributed by atoms with Gasteiger partial charge in [0.1, 0.15) is 5.82 Å². The van der Waals surface area contributed by atoms with E-state index in [1.807, 2.05) is 6.92 Å². The number of carbonyl (C=O) groups excluding carboxylic acids is 1. The lowest BCUT2D eigenvalue weighted by molar-refractivity contribution is 0.102. The monoisotopic (exact) mass is 553 g/mol. The number of nitrogens with one attached hydrogen (secondary N) is 2. The largest absolute Gasteiger partial charge is 0.322 e. The summed E-state index contributed by atoms with van der Waals surface area (Å²) in [4.78, 5) is 13.1. The minimum Gasteiger partial charge on any atom is -0.322 e. The van der Waals surface area contributed by atoms with Gasteiger partial charge in [0, 0.05) is 18.4 Å². The van der Waals surface area contributed by atoms with Gasteiger partial charge in [0.15, 0.2) is 0 Å². The molecule has 0 atom stereocenters. The van der Waals surface area contributed by atoms with Gasteiger partial charge in [-0.05, 0) is 79.7 Å². The normalized spacial score (nSPS) is 11.6. The molecule has 4 aromatic rings. The fourth-order valence-corrected chi connectivity index (χ4v) is 5.86. The Bertz CT molecular complexity index is 1670. The zero-order valence-electron chi connectivity index (χ0n) is 20.4. The molecule has 0 saturated heterocycles. The Morgan fingerprint density at radius 3 is 1.92 bits per heavy atom. The van der Waals surface area contributed by atoms with Crippen molar-refractivity contribution in [3.8, 4) is 0 Å².